The Kier molecular flexibility index (Phi) is 7.27. The summed E-state index contributed by atoms with van der Waals surface area (Å²) in [5, 5.41) is 9.66. The van der Waals surface area contributed by atoms with Gasteiger partial charge in [0.15, 0.2) is 0 Å². The highest BCUT2D eigenvalue weighted by molar-refractivity contribution is 5.95. The second kappa shape index (κ2) is 10.8. The van der Waals surface area contributed by atoms with Crippen LogP contribution < -0.4 is 4.90 Å². The third-order valence-corrected chi connectivity index (χ3v) is 10.3. The number of benzene rings is 3. The van der Waals surface area contributed by atoms with Crippen molar-refractivity contribution < 1.29 is 9.90 Å². The number of anilines is 2. The predicted octanol–water partition coefficient (Wildman–Crippen LogP) is 9.14. The van der Waals surface area contributed by atoms with Gasteiger partial charge in [0.05, 0.1) is 11.3 Å². The van der Waals surface area contributed by atoms with E-state index in [9.17, 15) is 9.90 Å². The molecule has 0 aliphatic heterocycles. The highest BCUT2D eigenvalue weighted by Crippen LogP contribution is 2.60. The van der Waals surface area contributed by atoms with Gasteiger partial charge in [-0.05, 0) is 135 Å². The molecule has 39 heavy (non-hydrogen) atoms. The quantitative estimate of drug-likeness (QED) is 0.289. The Balaban J connectivity index is 1.11. The number of hydrogen-bond donors (Lipinski definition) is 1. The smallest absolute Gasteiger partial charge is 0.337 e. The van der Waals surface area contributed by atoms with Crippen molar-refractivity contribution in [2.24, 2.45) is 17.8 Å². The molecule has 1 N–H and O–H groups in total. The summed E-state index contributed by atoms with van der Waals surface area (Å²) in [6, 6.07) is 25.8. The van der Waals surface area contributed by atoms with Gasteiger partial charge in [-0.3, -0.25) is 0 Å². The molecule has 3 nitrogen and oxygen atoms in total. The van der Waals surface area contributed by atoms with Crippen molar-refractivity contribution in [1.29, 1.82) is 0 Å². The average molecular weight is 522 g/mol. The molecule has 0 spiro atoms. The van der Waals surface area contributed by atoms with Crippen LogP contribution in [0.2, 0.25) is 0 Å². The van der Waals surface area contributed by atoms with E-state index >= 15 is 0 Å². The zero-order valence-corrected chi connectivity index (χ0v) is 23.6. The molecule has 1 atom stereocenters. The van der Waals surface area contributed by atoms with Crippen molar-refractivity contribution >= 4 is 17.3 Å². The maximum atomic E-state index is 11.8. The molecule has 0 radical (unpaired) electrons. The Morgan fingerprint density at radius 1 is 0.872 bits per heavy atom. The summed E-state index contributed by atoms with van der Waals surface area (Å²) in [5.74, 6) is 2.60. The van der Waals surface area contributed by atoms with E-state index in [-0.39, 0.29) is 0 Å². The first-order chi connectivity index (χ1) is 19.0. The summed E-state index contributed by atoms with van der Waals surface area (Å²) < 4.78 is 0. The second-order valence-corrected chi connectivity index (χ2v) is 12.7. The summed E-state index contributed by atoms with van der Waals surface area (Å²) in [6.07, 6.45) is 12.2. The maximum Gasteiger partial charge on any atom is 0.337 e. The number of carboxylic acid groups (broad SMARTS) is 1. The largest absolute Gasteiger partial charge is 0.478 e. The van der Waals surface area contributed by atoms with Crippen molar-refractivity contribution in [3.8, 4) is 0 Å². The molecule has 7 rings (SSSR count). The topological polar surface area (TPSA) is 40.5 Å². The minimum Gasteiger partial charge on any atom is -0.478 e. The second-order valence-electron chi connectivity index (χ2n) is 12.7. The van der Waals surface area contributed by atoms with Crippen LogP contribution in [-0.2, 0) is 11.8 Å². The van der Waals surface area contributed by atoms with Gasteiger partial charge in [-0.2, -0.15) is 0 Å². The van der Waals surface area contributed by atoms with Gasteiger partial charge in [0.2, 0.25) is 0 Å². The fourth-order valence-electron chi connectivity index (χ4n) is 8.74. The molecule has 3 heteroatoms. The van der Waals surface area contributed by atoms with Crippen molar-refractivity contribution in [2.75, 3.05) is 11.4 Å². The van der Waals surface area contributed by atoms with Crippen LogP contribution in [0, 0.1) is 17.8 Å². The van der Waals surface area contributed by atoms with Gasteiger partial charge in [-0.25, -0.2) is 4.79 Å². The molecule has 3 aromatic rings. The van der Waals surface area contributed by atoms with Crippen molar-refractivity contribution in [2.45, 2.75) is 83.0 Å². The number of para-hydroxylation sites is 1. The lowest BCUT2D eigenvalue weighted by Crippen LogP contribution is -2.48. The molecule has 204 valence electrons. The minimum atomic E-state index is -0.891. The number of nitrogens with zero attached hydrogens (tertiary/aromatic N) is 1. The molecule has 0 aromatic heterocycles. The summed E-state index contributed by atoms with van der Waals surface area (Å²) in [4.78, 5) is 13.9. The average Bonchev–Trinajstić information content (AvgIpc) is 2.94. The van der Waals surface area contributed by atoms with Crippen LogP contribution in [0.1, 0.15) is 98.2 Å². The first-order valence-electron chi connectivity index (χ1n) is 15.3. The molecule has 4 fully saturated rings. The van der Waals surface area contributed by atoms with E-state index in [1.54, 1.807) is 17.7 Å². The van der Waals surface area contributed by atoms with Crippen LogP contribution in [0.3, 0.4) is 0 Å². The van der Waals surface area contributed by atoms with Crippen LogP contribution in [0.5, 0.6) is 0 Å². The molecule has 4 aliphatic carbocycles. The first-order valence-corrected chi connectivity index (χ1v) is 15.3. The molecule has 4 bridgehead atoms. The lowest BCUT2D eigenvalue weighted by molar-refractivity contribution is -0.00519. The van der Waals surface area contributed by atoms with E-state index in [4.69, 9.17) is 0 Å². The van der Waals surface area contributed by atoms with E-state index in [0.717, 1.165) is 48.4 Å². The molecular formula is C36H43NO2. The molecule has 3 aromatic carbocycles. The summed E-state index contributed by atoms with van der Waals surface area (Å²) in [5.41, 5.74) is 7.05. The third kappa shape index (κ3) is 5.13. The van der Waals surface area contributed by atoms with E-state index in [0.29, 0.717) is 23.4 Å². The van der Waals surface area contributed by atoms with Gasteiger partial charge in [-0.15, -0.1) is 0 Å². The van der Waals surface area contributed by atoms with Crippen molar-refractivity contribution in [3.63, 3.8) is 0 Å². The number of hydrogen-bond acceptors (Lipinski definition) is 2. The van der Waals surface area contributed by atoms with E-state index in [2.05, 4.69) is 67.3 Å². The van der Waals surface area contributed by atoms with E-state index < -0.39 is 5.97 Å². The molecule has 0 amide bonds. The lowest BCUT2D eigenvalue weighted by Gasteiger charge is -2.57. The first kappa shape index (κ1) is 26.2. The molecule has 0 saturated heterocycles. The maximum absolute atomic E-state index is 11.8. The fourth-order valence-corrected chi connectivity index (χ4v) is 8.74. The third-order valence-electron chi connectivity index (χ3n) is 10.3. The van der Waals surface area contributed by atoms with Gasteiger partial charge < -0.3 is 10.0 Å². The van der Waals surface area contributed by atoms with Crippen molar-refractivity contribution in [3.05, 3.63) is 95.1 Å². The standard InChI is InChI=1S/C36H43NO2/c1-3-29(30-13-17-32(18-14-30)37(4-2)34-8-6-5-7-33(34)35(38)39)12-9-25-10-15-31(16-11-25)36-22-26-19-27(23-36)21-28(20-26)24-36/h5-8,10-11,13-18,26-29H,3-4,9,12,19-24H2,1-2H3,(H,38,39). The van der Waals surface area contributed by atoms with Gasteiger partial charge in [0.25, 0.3) is 0 Å². The Labute approximate surface area is 234 Å². The van der Waals surface area contributed by atoms with Crippen LogP contribution in [0.4, 0.5) is 11.4 Å². The van der Waals surface area contributed by atoms with Gasteiger partial charge in [0.1, 0.15) is 0 Å². The summed E-state index contributed by atoms with van der Waals surface area (Å²) >= 11 is 0. The van der Waals surface area contributed by atoms with Crippen LogP contribution in [-0.4, -0.2) is 17.6 Å². The van der Waals surface area contributed by atoms with Gasteiger partial charge >= 0.3 is 5.97 Å². The normalized spacial score (nSPS) is 25.9. The molecule has 1 unspecified atom stereocenters. The Hall–Kier alpha value is -3.07. The van der Waals surface area contributed by atoms with Crippen LogP contribution in [0.15, 0.2) is 72.8 Å². The highest BCUT2D eigenvalue weighted by Gasteiger charge is 2.51. The Bertz CT molecular complexity index is 1260. The lowest BCUT2D eigenvalue weighted by atomic mass is 9.48. The monoisotopic (exact) mass is 521 g/mol. The van der Waals surface area contributed by atoms with Gasteiger partial charge in [-0.1, -0.05) is 55.5 Å². The zero-order valence-electron chi connectivity index (χ0n) is 23.6. The van der Waals surface area contributed by atoms with Crippen LogP contribution in [0.25, 0.3) is 0 Å². The van der Waals surface area contributed by atoms with Crippen LogP contribution >= 0.6 is 0 Å². The fraction of sp³-hybridized carbons (Fsp3) is 0.472. The summed E-state index contributed by atoms with van der Waals surface area (Å²) in [7, 11) is 0. The van der Waals surface area contributed by atoms with Crippen molar-refractivity contribution in [1.82, 2.24) is 0 Å². The highest BCUT2D eigenvalue weighted by atomic mass is 16.4. The summed E-state index contributed by atoms with van der Waals surface area (Å²) in [6.45, 7) is 5.06. The predicted molar refractivity (Wildman–Crippen MR) is 160 cm³/mol. The molecule has 4 saturated carbocycles. The Morgan fingerprint density at radius 2 is 1.49 bits per heavy atom. The number of aromatic carboxylic acids is 1. The number of rotatable bonds is 10. The molecular weight excluding hydrogens is 478 g/mol. The number of carboxylic acids is 1. The minimum absolute atomic E-state index is 0.337. The van der Waals surface area contributed by atoms with E-state index in [1.165, 1.54) is 49.7 Å². The van der Waals surface area contributed by atoms with Gasteiger partial charge in [0, 0.05) is 12.2 Å². The number of aryl methyl sites for hydroxylation is 1. The SMILES string of the molecule is CCC(CCc1ccc(C23CC4CC(CC(C4)C2)C3)cc1)c1ccc(N(CC)c2ccccc2C(=O)O)cc1. The van der Waals surface area contributed by atoms with E-state index in [1.807, 2.05) is 12.1 Å². The molecule has 4 aliphatic rings. The zero-order chi connectivity index (χ0) is 27.0. The number of carbonyl (C=O) groups is 1. The molecule has 0 heterocycles. The Morgan fingerprint density at radius 3 is 2.05 bits per heavy atom.